The third kappa shape index (κ3) is 4.08. The van der Waals surface area contributed by atoms with Crippen LogP contribution in [0.5, 0.6) is 0 Å². The van der Waals surface area contributed by atoms with Gasteiger partial charge in [0.05, 0.1) is 12.2 Å². The van der Waals surface area contributed by atoms with E-state index in [1.165, 1.54) is 0 Å². The number of rotatable bonds is 5. The average molecular weight is 354 g/mol. The highest BCUT2D eigenvalue weighted by atomic mass is 16.1. The molecule has 0 bridgehead atoms. The molecule has 1 aliphatic carbocycles. The highest BCUT2D eigenvalue weighted by molar-refractivity contribution is 5.91. The fourth-order valence-electron chi connectivity index (χ4n) is 3.15. The zero-order chi connectivity index (χ0) is 18.5. The van der Waals surface area contributed by atoms with Crippen LogP contribution in [0.1, 0.15) is 30.4 Å². The SMILES string of the molecule is NC(N)=NCCC(=O)Nc1cccc(-c2n[nH]c(=O)c3c2CCCC3)c1. The van der Waals surface area contributed by atoms with Crippen molar-refractivity contribution in [2.24, 2.45) is 16.5 Å². The molecule has 0 radical (unpaired) electrons. The van der Waals surface area contributed by atoms with Crippen LogP contribution in [-0.4, -0.2) is 28.6 Å². The van der Waals surface area contributed by atoms with Gasteiger partial charge in [0.25, 0.3) is 5.56 Å². The lowest BCUT2D eigenvalue weighted by Gasteiger charge is -2.17. The third-order valence-corrected chi connectivity index (χ3v) is 4.35. The van der Waals surface area contributed by atoms with E-state index in [9.17, 15) is 9.59 Å². The standard InChI is InChI=1S/C18H22N6O2/c19-18(20)21-9-8-15(25)22-12-5-3-4-11(10-12)16-13-6-1-2-7-14(13)17(26)24-23-16/h3-5,10H,1-2,6-9H2,(H,22,25)(H,24,26)(H4,19,20,21). The number of benzene rings is 1. The second-order valence-corrected chi connectivity index (χ2v) is 6.25. The molecule has 0 spiro atoms. The second-order valence-electron chi connectivity index (χ2n) is 6.25. The van der Waals surface area contributed by atoms with Gasteiger partial charge in [-0.05, 0) is 43.4 Å². The summed E-state index contributed by atoms with van der Waals surface area (Å²) in [5, 5.41) is 9.68. The van der Waals surface area contributed by atoms with Gasteiger partial charge in [-0.25, -0.2) is 5.10 Å². The number of aromatic amines is 1. The average Bonchev–Trinajstić information content (AvgIpc) is 2.62. The molecular formula is C18H22N6O2. The highest BCUT2D eigenvalue weighted by Crippen LogP contribution is 2.29. The minimum atomic E-state index is -0.177. The molecule has 8 nitrogen and oxygen atoms in total. The summed E-state index contributed by atoms with van der Waals surface area (Å²) in [6.07, 6.45) is 3.88. The Hall–Kier alpha value is -3.16. The molecule has 1 amide bonds. The Morgan fingerprint density at radius 3 is 2.77 bits per heavy atom. The maximum absolute atomic E-state index is 12.0. The minimum absolute atomic E-state index is 0.0336. The molecule has 6 N–H and O–H groups in total. The number of hydrogen-bond acceptors (Lipinski definition) is 4. The monoisotopic (exact) mass is 354 g/mol. The van der Waals surface area contributed by atoms with E-state index < -0.39 is 0 Å². The first-order valence-corrected chi connectivity index (χ1v) is 8.60. The van der Waals surface area contributed by atoms with Gasteiger partial charge in [-0.2, -0.15) is 5.10 Å². The van der Waals surface area contributed by atoms with Gasteiger partial charge in [0.15, 0.2) is 5.96 Å². The Bertz CT molecular complexity index is 899. The number of aliphatic imine (C=N–C) groups is 1. The largest absolute Gasteiger partial charge is 0.370 e. The third-order valence-electron chi connectivity index (χ3n) is 4.35. The smallest absolute Gasteiger partial charge is 0.267 e. The molecule has 26 heavy (non-hydrogen) atoms. The van der Waals surface area contributed by atoms with Gasteiger partial charge < -0.3 is 16.8 Å². The molecule has 0 saturated heterocycles. The van der Waals surface area contributed by atoms with Gasteiger partial charge in [-0.1, -0.05) is 12.1 Å². The highest BCUT2D eigenvalue weighted by Gasteiger charge is 2.19. The number of amides is 1. The van der Waals surface area contributed by atoms with E-state index in [0.717, 1.165) is 48.1 Å². The van der Waals surface area contributed by atoms with E-state index in [-0.39, 0.29) is 30.4 Å². The lowest BCUT2D eigenvalue weighted by atomic mass is 9.90. The normalized spacial score (nSPS) is 12.9. The van der Waals surface area contributed by atoms with Crippen LogP contribution in [0.2, 0.25) is 0 Å². The van der Waals surface area contributed by atoms with Crippen molar-refractivity contribution in [3.05, 3.63) is 45.7 Å². The van der Waals surface area contributed by atoms with Crippen molar-refractivity contribution in [2.75, 3.05) is 11.9 Å². The second kappa shape index (κ2) is 7.81. The maximum atomic E-state index is 12.0. The molecule has 136 valence electrons. The van der Waals surface area contributed by atoms with Crippen LogP contribution < -0.4 is 22.3 Å². The van der Waals surface area contributed by atoms with Crippen molar-refractivity contribution in [2.45, 2.75) is 32.1 Å². The maximum Gasteiger partial charge on any atom is 0.267 e. The van der Waals surface area contributed by atoms with Crippen molar-refractivity contribution in [3.63, 3.8) is 0 Å². The molecule has 0 atom stereocenters. The van der Waals surface area contributed by atoms with Gasteiger partial charge in [0.2, 0.25) is 5.91 Å². The van der Waals surface area contributed by atoms with Crippen molar-refractivity contribution < 1.29 is 4.79 Å². The van der Waals surface area contributed by atoms with Gasteiger partial charge in [0.1, 0.15) is 0 Å². The van der Waals surface area contributed by atoms with Crippen molar-refractivity contribution in [1.82, 2.24) is 10.2 Å². The fraction of sp³-hybridized carbons (Fsp3) is 0.333. The summed E-state index contributed by atoms with van der Waals surface area (Å²) < 4.78 is 0. The number of fused-ring (bicyclic) bond motifs is 1. The summed E-state index contributed by atoms with van der Waals surface area (Å²) in [4.78, 5) is 27.8. The van der Waals surface area contributed by atoms with Crippen LogP contribution in [0.4, 0.5) is 5.69 Å². The topological polar surface area (TPSA) is 139 Å². The molecule has 0 fully saturated rings. The van der Waals surface area contributed by atoms with Crippen molar-refractivity contribution in [1.29, 1.82) is 0 Å². The summed E-state index contributed by atoms with van der Waals surface area (Å²) >= 11 is 0. The number of guanidine groups is 1. The molecule has 1 aromatic carbocycles. The summed E-state index contributed by atoms with van der Waals surface area (Å²) in [5.41, 5.74) is 14.5. The molecule has 1 aromatic heterocycles. The Balaban J connectivity index is 1.81. The Morgan fingerprint density at radius 1 is 1.23 bits per heavy atom. The van der Waals surface area contributed by atoms with Crippen LogP contribution in [0.3, 0.4) is 0 Å². The zero-order valence-electron chi connectivity index (χ0n) is 14.4. The lowest BCUT2D eigenvalue weighted by molar-refractivity contribution is -0.116. The minimum Gasteiger partial charge on any atom is -0.370 e. The van der Waals surface area contributed by atoms with E-state index in [2.05, 4.69) is 20.5 Å². The molecule has 0 aliphatic heterocycles. The van der Waals surface area contributed by atoms with Crippen LogP contribution in [0.15, 0.2) is 34.1 Å². The first-order valence-electron chi connectivity index (χ1n) is 8.60. The van der Waals surface area contributed by atoms with E-state index in [1.807, 2.05) is 18.2 Å². The Labute approximate surface area is 150 Å². The first-order chi connectivity index (χ1) is 12.5. The van der Waals surface area contributed by atoms with Crippen molar-refractivity contribution in [3.8, 4) is 11.3 Å². The number of nitrogens with one attached hydrogen (secondary N) is 2. The number of carbonyl (C=O) groups is 1. The Kier molecular flexibility index (Phi) is 5.31. The summed E-state index contributed by atoms with van der Waals surface area (Å²) in [7, 11) is 0. The molecule has 8 heteroatoms. The van der Waals surface area contributed by atoms with Crippen LogP contribution in [0.25, 0.3) is 11.3 Å². The van der Waals surface area contributed by atoms with E-state index in [1.54, 1.807) is 6.07 Å². The number of anilines is 1. The number of hydrogen-bond donors (Lipinski definition) is 4. The van der Waals surface area contributed by atoms with E-state index >= 15 is 0 Å². The molecule has 0 saturated carbocycles. The van der Waals surface area contributed by atoms with Crippen molar-refractivity contribution >= 4 is 17.6 Å². The molecule has 1 heterocycles. The van der Waals surface area contributed by atoms with E-state index in [0.29, 0.717) is 5.69 Å². The molecule has 1 aliphatic rings. The number of aromatic nitrogens is 2. The number of H-pyrrole nitrogens is 1. The number of nitrogens with zero attached hydrogens (tertiary/aromatic N) is 2. The predicted molar refractivity (Wildman–Crippen MR) is 101 cm³/mol. The van der Waals surface area contributed by atoms with Gasteiger partial charge in [-0.3, -0.25) is 14.6 Å². The quantitative estimate of drug-likeness (QED) is 0.467. The number of nitrogens with two attached hydrogens (primary N) is 2. The van der Waals surface area contributed by atoms with Crippen LogP contribution in [-0.2, 0) is 17.6 Å². The summed E-state index contributed by atoms with van der Waals surface area (Å²) in [6, 6.07) is 7.43. The van der Waals surface area contributed by atoms with E-state index in [4.69, 9.17) is 11.5 Å². The molecular weight excluding hydrogens is 332 g/mol. The summed E-state index contributed by atoms with van der Waals surface area (Å²) in [5.74, 6) is -0.211. The molecule has 0 unspecified atom stereocenters. The van der Waals surface area contributed by atoms with Gasteiger partial charge >= 0.3 is 0 Å². The predicted octanol–water partition coefficient (Wildman–Crippen LogP) is 0.918. The Morgan fingerprint density at radius 2 is 2.00 bits per heavy atom. The molecule has 2 aromatic rings. The first kappa shape index (κ1) is 17.7. The lowest BCUT2D eigenvalue weighted by Crippen LogP contribution is -2.23. The fourth-order valence-corrected chi connectivity index (χ4v) is 3.15. The van der Waals surface area contributed by atoms with Gasteiger partial charge in [-0.15, -0.1) is 0 Å². The van der Waals surface area contributed by atoms with Gasteiger partial charge in [0, 0.05) is 23.2 Å². The number of carbonyl (C=O) groups excluding carboxylic acids is 1. The van der Waals surface area contributed by atoms with Crippen LogP contribution >= 0.6 is 0 Å². The zero-order valence-corrected chi connectivity index (χ0v) is 14.4. The molecule has 3 rings (SSSR count). The summed E-state index contributed by atoms with van der Waals surface area (Å²) in [6.45, 7) is 0.239. The van der Waals surface area contributed by atoms with Crippen LogP contribution in [0, 0.1) is 0 Å².